The molecule has 2 rings (SSSR count). The van der Waals surface area contributed by atoms with Crippen molar-refractivity contribution in [3.8, 4) is 0 Å². The van der Waals surface area contributed by atoms with Crippen LogP contribution in [0.25, 0.3) is 0 Å². The summed E-state index contributed by atoms with van der Waals surface area (Å²) >= 11 is 0. The fraction of sp³-hybridized carbons (Fsp3) is 0.455. The van der Waals surface area contributed by atoms with Gasteiger partial charge in [0.1, 0.15) is 0 Å². The smallest absolute Gasteiger partial charge is 0.0573 e. The predicted molar refractivity (Wildman–Crippen MR) is 56.7 cm³/mol. The zero-order chi connectivity index (χ0) is 9.10. The first-order valence-electron chi connectivity index (χ1n) is 4.94. The van der Waals surface area contributed by atoms with Gasteiger partial charge in [-0.15, -0.1) is 0 Å². The van der Waals surface area contributed by atoms with E-state index in [0.717, 1.165) is 23.8 Å². The van der Waals surface area contributed by atoms with Gasteiger partial charge in [-0.25, -0.2) is 0 Å². The number of nitrogens with one attached hydrogen (secondary N) is 1. The summed E-state index contributed by atoms with van der Waals surface area (Å²) < 4.78 is 0. The quantitative estimate of drug-likeness (QED) is 0.692. The van der Waals surface area contributed by atoms with Crippen molar-refractivity contribution >= 4 is 11.4 Å². The highest BCUT2D eigenvalue weighted by molar-refractivity contribution is 5.65. The Bertz CT molecular complexity index is 279. The molecule has 0 amide bonds. The molecule has 2 heteroatoms. The van der Waals surface area contributed by atoms with E-state index in [9.17, 15) is 0 Å². The van der Waals surface area contributed by atoms with E-state index in [1.165, 1.54) is 19.3 Å². The van der Waals surface area contributed by atoms with E-state index < -0.39 is 0 Å². The lowest BCUT2D eigenvalue weighted by Crippen LogP contribution is -2.04. The van der Waals surface area contributed by atoms with Gasteiger partial charge in [0.25, 0.3) is 0 Å². The fourth-order valence-electron chi connectivity index (χ4n) is 1.48. The van der Waals surface area contributed by atoms with Crippen LogP contribution >= 0.6 is 0 Å². The van der Waals surface area contributed by atoms with Crippen LogP contribution in [-0.2, 0) is 0 Å². The van der Waals surface area contributed by atoms with Gasteiger partial charge in [0.15, 0.2) is 0 Å². The Balaban J connectivity index is 1.82. The Kier molecular flexibility index (Phi) is 2.39. The second-order valence-electron chi connectivity index (χ2n) is 3.75. The van der Waals surface area contributed by atoms with Gasteiger partial charge in [-0.05, 0) is 24.5 Å². The summed E-state index contributed by atoms with van der Waals surface area (Å²) in [7, 11) is 0. The van der Waals surface area contributed by atoms with E-state index in [2.05, 4.69) is 5.32 Å². The number of nitrogens with two attached hydrogens (primary N) is 1. The van der Waals surface area contributed by atoms with Crippen LogP contribution in [-0.4, -0.2) is 6.54 Å². The standard InChI is InChI=1S/C11H16N2/c12-10-3-1-2-4-11(10)13-8-7-9-5-6-9/h1-4,9,13H,5-8,12H2. The normalized spacial score (nSPS) is 15.7. The first kappa shape index (κ1) is 8.42. The molecule has 70 valence electrons. The van der Waals surface area contributed by atoms with E-state index >= 15 is 0 Å². The summed E-state index contributed by atoms with van der Waals surface area (Å²) in [5, 5.41) is 3.36. The SMILES string of the molecule is Nc1ccccc1NCCC1CC1. The third kappa shape index (κ3) is 2.38. The maximum atomic E-state index is 5.79. The van der Waals surface area contributed by atoms with E-state index in [1.54, 1.807) is 0 Å². The molecule has 0 unspecified atom stereocenters. The number of rotatable bonds is 4. The monoisotopic (exact) mass is 176 g/mol. The Morgan fingerprint density at radius 3 is 2.77 bits per heavy atom. The van der Waals surface area contributed by atoms with E-state index in [1.807, 2.05) is 24.3 Å². The summed E-state index contributed by atoms with van der Waals surface area (Å²) in [5.41, 5.74) is 7.71. The molecule has 0 aliphatic heterocycles. The van der Waals surface area contributed by atoms with E-state index in [0.29, 0.717) is 0 Å². The summed E-state index contributed by atoms with van der Waals surface area (Å²) in [5.74, 6) is 0.984. The minimum atomic E-state index is 0.846. The lowest BCUT2D eigenvalue weighted by Gasteiger charge is -2.07. The number of nitrogen functional groups attached to an aromatic ring is 1. The molecular weight excluding hydrogens is 160 g/mol. The summed E-state index contributed by atoms with van der Waals surface area (Å²) in [6.07, 6.45) is 4.13. The van der Waals surface area contributed by atoms with Crippen molar-refractivity contribution in [3.05, 3.63) is 24.3 Å². The largest absolute Gasteiger partial charge is 0.397 e. The average Bonchev–Trinajstić information content (AvgIpc) is 2.92. The number of benzene rings is 1. The van der Waals surface area contributed by atoms with Crippen molar-refractivity contribution in [3.63, 3.8) is 0 Å². The lowest BCUT2D eigenvalue weighted by atomic mass is 10.2. The molecule has 2 nitrogen and oxygen atoms in total. The first-order valence-corrected chi connectivity index (χ1v) is 4.94. The molecule has 1 aromatic rings. The molecular formula is C11H16N2. The second kappa shape index (κ2) is 3.69. The first-order chi connectivity index (χ1) is 6.36. The molecule has 3 N–H and O–H groups in total. The van der Waals surface area contributed by atoms with Crippen LogP contribution in [0.15, 0.2) is 24.3 Å². The van der Waals surface area contributed by atoms with Gasteiger partial charge < -0.3 is 11.1 Å². The average molecular weight is 176 g/mol. The van der Waals surface area contributed by atoms with Crippen molar-refractivity contribution < 1.29 is 0 Å². The van der Waals surface area contributed by atoms with Gasteiger partial charge in [0.2, 0.25) is 0 Å². The highest BCUT2D eigenvalue weighted by atomic mass is 14.9. The maximum Gasteiger partial charge on any atom is 0.0573 e. The van der Waals surface area contributed by atoms with Crippen molar-refractivity contribution in [2.75, 3.05) is 17.6 Å². The molecule has 1 aliphatic rings. The zero-order valence-electron chi connectivity index (χ0n) is 7.79. The Labute approximate surface area is 79.1 Å². The zero-order valence-corrected chi connectivity index (χ0v) is 7.79. The Morgan fingerprint density at radius 1 is 1.31 bits per heavy atom. The van der Waals surface area contributed by atoms with Crippen LogP contribution < -0.4 is 11.1 Å². The van der Waals surface area contributed by atoms with Crippen molar-refractivity contribution in [2.24, 2.45) is 5.92 Å². The molecule has 0 saturated heterocycles. The number of anilines is 2. The molecule has 0 heterocycles. The van der Waals surface area contributed by atoms with Gasteiger partial charge in [0.05, 0.1) is 11.4 Å². The van der Waals surface area contributed by atoms with Crippen molar-refractivity contribution in [1.29, 1.82) is 0 Å². The molecule has 0 aromatic heterocycles. The topological polar surface area (TPSA) is 38.0 Å². The second-order valence-corrected chi connectivity index (χ2v) is 3.75. The number of hydrogen-bond acceptors (Lipinski definition) is 2. The Hall–Kier alpha value is -1.18. The third-order valence-electron chi connectivity index (χ3n) is 2.53. The van der Waals surface area contributed by atoms with Crippen LogP contribution in [0.1, 0.15) is 19.3 Å². The molecule has 13 heavy (non-hydrogen) atoms. The molecule has 1 fully saturated rings. The predicted octanol–water partition coefficient (Wildman–Crippen LogP) is 2.48. The van der Waals surface area contributed by atoms with E-state index in [-0.39, 0.29) is 0 Å². The van der Waals surface area contributed by atoms with Crippen LogP contribution in [0.4, 0.5) is 11.4 Å². The highest BCUT2D eigenvalue weighted by Crippen LogP contribution is 2.32. The van der Waals surface area contributed by atoms with E-state index in [4.69, 9.17) is 5.73 Å². The molecule has 0 bridgehead atoms. The molecule has 0 spiro atoms. The van der Waals surface area contributed by atoms with Crippen molar-refractivity contribution in [2.45, 2.75) is 19.3 Å². The number of para-hydroxylation sites is 2. The third-order valence-corrected chi connectivity index (χ3v) is 2.53. The summed E-state index contributed by atoms with van der Waals surface area (Å²) in [6, 6.07) is 7.93. The molecule has 1 saturated carbocycles. The minimum Gasteiger partial charge on any atom is -0.397 e. The highest BCUT2D eigenvalue weighted by Gasteiger charge is 2.20. The van der Waals surface area contributed by atoms with Crippen LogP contribution in [0, 0.1) is 5.92 Å². The maximum absolute atomic E-state index is 5.79. The Morgan fingerprint density at radius 2 is 2.08 bits per heavy atom. The van der Waals surface area contributed by atoms with Gasteiger partial charge >= 0.3 is 0 Å². The van der Waals surface area contributed by atoms with Crippen LogP contribution in [0.2, 0.25) is 0 Å². The molecule has 0 radical (unpaired) electrons. The number of hydrogen-bond donors (Lipinski definition) is 2. The van der Waals surface area contributed by atoms with Crippen LogP contribution in [0.3, 0.4) is 0 Å². The summed E-state index contributed by atoms with van der Waals surface area (Å²) in [4.78, 5) is 0. The summed E-state index contributed by atoms with van der Waals surface area (Å²) in [6.45, 7) is 1.05. The molecule has 0 atom stereocenters. The lowest BCUT2D eigenvalue weighted by molar-refractivity contribution is 0.760. The fourth-order valence-corrected chi connectivity index (χ4v) is 1.48. The van der Waals surface area contributed by atoms with Crippen molar-refractivity contribution in [1.82, 2.24) is 0 Å². The van der Waals surface area contributed by atoms with Gasteiger partial charge in [-0.1, -0.05) is 25.0 Å². The minimum absolute atomic E-state index is 0.846. The van der Waals surface area contributed by atoms with Crippen LogP contribution in [0.5, 0.6) is 0 Å². The van der Waals surface area contributed by atoms with Gasteiger partial charge in [-0.3, -0.25) is 0 Å². The molecule has 1 aliphatic carbocycles. The molecule has 1 aromatic carbocycles. The van der Waals surface area contributed by atoms with Gasteiger partial charge in [0, 0.05) is 6.54 Å². The van der Waals surface area contributed by atoms with Gasteiger partial charge in [-0.2, -0.15) is 0 Å².